The summed E-state index contributed by atoms with van der Waals surface area (Å²) in [6, 6.07) is 22.4. The van der Waals surface area contributed by atoms with Gasteiger partial charge in [-0.2, -0.15) is 0 Å². The van der Waals surface area contributed by atoms with Crippen LogP contribution in [0.4, 0.5) is 5.69 Å². The Morgan fingerprint density at radius 1 is 1.11 bits per heavy atom. The molecule has 0 aromatic heterocycles. The molecular formula is C30H30N2O3. The molecule has 1 aliphatic rings. The van der Waals surface area contributed by atoms with Crippen LogP contribution in [0, 0.1) is 12.3 Å². The topological polar surface area (TPSA) is 58.6 Å². The van der Waals surface area contributed by atoms with E-state index in [9.17, 15) is 9.59 Å². The number of piperidine rings is 1. The van der Waals surface area contributed by atoms with Crippen molar-refractivity contribution >= 4 is 17.9 Å². The number of terminal acetylenes is 1. The van der Waals surface area contributed by atoms with E-state index in [1.54, 1.807) is 12.1 Å². The number of hydrogen-bond acceptors (Lipinski definition) is 4. The maximum Gasteiger partial charge on any atom is 0.225 e. The maximum atomic E-state index is 12.6. The number of carbonyl (C=O) groups excluding carboxylic acids is 2. The molecular weight excluding hydrogens is 436 g/mol. The fourth-order valence-corrected chi connectivity index (χ4v) is 4.76. The summed E-state index contributed by atoms with van der Waals surface area (Å²) in [7, 11) is 1.48. The van der Waals surface area contributed by atoms with Crippen molar-refractivity contribution in [3.63, 3.8) is 0 Å². The fraction of sp³-hybridized carbons (Fsp3) is 0.267. The smallest absolute Gasteiger partial charge is 0.225 e. The molecule has 1 saturated heterocycles. The summed E-state index contributed by atoms with van der Waals surface area (Å²) >= 11 is 0. The van der Waals surface area contributed by atoms with Crippen LogP contribution in [-0.2, 0) is 4.79 Å². The molecule has 5 nitrogen and oxygen atoms in total. The summed E-state index contributed by atoms with van der Waals surface area (Å²) in [5.41, 5.74) is 5.27. The molecule has 0 saturated carbocycles. The molecule has 178 valence electrons. The van der Waals surface area contributed by atoms with Crippen LogP contribution in [0.3, 0.4) is 0 Å². The van der Waals surface area contributed by atoms with Crippen LogP contribution < -0.4 is 10.1 Å². The predicted octanol–water partition coefficient (Wildman–Crippen LogP) is 5.36. The van der Waals surface area contributed by atoms with E-state index in [1.807, 2.05) is 6.07 Å². The first-order valence-electron chi connectivity index (χ1n) is 11.9. The zero-order valence-electron chi connectivity index (χ0n) is 20.0. The SMILES string of the molecule is C#Cc1cc(C=O)c(OC)cc1NC(=O)CCN1CCC(c2ccccc2-c2ccccc2)CC1. The summed E-state index contributed by atoms with van der Waals surface area (Å²) in [6.45, 7) is 2.60. The van der Waals surface area contributed by atoms with Gasteiger partial charge in [0.15, 0.2) is 6.29 Å². The van der Waals surface area contributed by atoms with Gasteiger partial charge in [0.1, 0.15) is 5.75 Å². The number of rotatable bonds is 8. The second kappa shape index (κ2) is 11.5. The van der Waals surface area contributed by atoms with Gasteiger partial charge in [-0.05, 0) is 54.6 Å². The third kappa shape index (κ3) is 5.79. The van der Waals surface area contributed by atoms with E-state index in [0.717, 1.165) is 25.9 Å². The van der Waals surface area contributed by atoms with Crippen molar-refractivity contribution in [3.8, 4) is 29.2 Å². The molecule has 1 N–H and O–H groups in total. The van der Waals surface area contributed by atoms with Gasteiger partial charge in [0, 0.05) is 24.6 Å². The molecule has 5 heteroatoms. The lowest BCUT2D eigenvalue weighted by molar-refractivity contribution is -0.116. The largest absolute Gasteiger partial charge is 0.496 e. The first-order chi connectivity index (χ1) is 17.1. The highest BCUT2D eigenvalue weighted by Crippen LogP contribution is 2.35. The number of amides is 1. The van der Waals surface area contributed by atoms with Gasteiger partial charge in [-0.1, -0.05) is 60.5 Å². The maximum absolute atomic E-state index is 12.6. The van der Waals surface area contributed by atoms with Crippen LogP contribution in [0.5, 0.6) is 5.75 Å². The lowest BCUT2D eigenvalue weighted by Gasteiger charge is -2.33. The van der Waals surface area contributed by atoms with E-state index < -0.39 is 0 Å². The Morgan fingerprint density at radius 3 is 2.51 bits per heavy atom. The van der Waals surface area contributed by atoms with Crippen molar-refractivity contribution in [2.45, 2.75) is 25.2 Å². The Bertz CT molecular complexity index is 1220. The lowest BCUT2D eigenvalue weighted by Crippen LogP contribution is -2.35. The summed E-state index contributed by atoms with van der Waals surface area (Å²) < 4.78 is 5.24. The number of carbonyl (C=O) groups is 2. The van der Waals surface area contributed by atoms with Gasteiger partial charge in [-0.25, -0.2) is 0 Å². The Balaban J connectivity index is 1.33. The molecule has 0 bridgehead atoms. The number of nitrogens with one attached hydrogen (secondary N) is 1. The second-order valence-corrected chi connectivity index (χ2v) is 8.77. The Kier molecular flexibility index (Phi) is 7.97. The van der Waals surface area contributed by atoms with Gasteiger partial charge in [0.25, 0.3) is 0 Å². The number of methoxy groups -OCH3 is 1. The third-order valence-electron chi connectivity index (χ3n) is 6.65. The van der Waals surface area contributed by atoms with Crippen LogP contribution in [0.2, 0.25) is 0 Å². The van der Waals surface area contributed by atoms with Crippen LogP contribution in [0.15, 0.2) is 66.7 Å². The number of aldehydes is 1. The van der Waals surface area contributed by atoms with Crippen molar-refractivity contribution in [2.75, 3.05) is 32.1 Å². The van der Waals surface area contributed by atoms with Crippen LogP contribution in [0.25, 0.3) is 11.1 Å². The first kappa shape index (κ1) is 24.3. The zero-order valence-corrected chi connectivity index (χ0v) is 20.0. The van der Waals surface area contributed by atoms with Crippen molar-refractivity contribution in [1.29, 1.82) is 0 Å². The standard InChI is InChI=1S/C30H30N2O3/c1-3-22-19-25(21-33)29(35-2)20-28(22)31-30(34)15-18-32-16-13-24(14-17-32)27-12-8-7-11-26(27)23-9-5-4-6-10-23/h1,4-12,19-21,24H,13-18H2,2H3,(H,31,34). The van der Waals surface area contributed by atoms with Gasteiger partial charge in [-0.15, -0.1) is 6.42 Å². The summed E-state index contributed by atoms with van der Waals surface area (Å²) in [5, 5.41) is 2.88. The molecule has 0 aliphatic carbocycles. The van der Waals surface area contributed by atoms with Crippen molar-refractivity contribution in [3.05, 3.63) is 83.4 Å². The molecule has 35 heavy (non-hydrogen) atoms. The van der Waals surface area contributed by atoms with Crippen LogP contribution in [0.1, 0.15) is 46.7 Å². The molecule has 0 spiro atoms. The minimum absolute atomic E-state index is 0.112. The molecule has 0 unspecified atom stereocenters. The van der Waals surface area contributed by atoms with Crippen LogP contribution in [-0.4, -0.2) is 43.8 Å². The molecule has 4 rings (SSSR count). The molecule has 3 aromatic rings. The minimum atomic E-state index is -0.112. The zero-order chi connectivity index (χ0) is 24.6. The number of anilines is 1. The van der Waals surface area contributed by atoms with Gasteiger partial charge in [0.2, 0.25) is 5.91 Å². The summed E-state index contributed by atoms with van der Waals surface area (Å²) in [6.07, 6.45) is 8.76. The summed E-state index contributed by atoms with van der Waals surface area (Å²) in [4.78, 5) is 26.2. The Morgan fingerprint density at radius 2 is 1.83 bits per heavy atom. The van der Waals surface area contributed by atoms with Gasteiger partial charge >= 0.3 is 0 Å². The van der Waals surface area contributed by atoms with E-state index in [1.165, 1.54) is 23.8 Å². The van der Waals surface area contributed by atoms with Crippen molar-refractivity contribution < 1.29 is 14.3 Å². The average molecular weight is 467 g/mol. The van der Waals surface area contributed by atoms with Gasteiger partial charge in [-0.3, -0.25) is 9.59 Å². The molecule has 1 fully saturated rings. The Hall–Kier alpha value is -3.88. The molecule has 1 aliphatic heterocycles. The van der Waals surface area contributed by atoms with Gasteiger partial charge in [0.05, 0.1) is 18.4 Å². The number of nitrogens with zero attached hydrogens (tertiary/aromatic N) is 1. The number of ether oxygens (including phenoxy) is 1. The number of likely N-dealkylation sites (tertiary alicyclic amines) is 1. The third-order valence-corrected chi connectivity index (χ3v) is 6.65. The monoisotopic (exact) mass is 466 g/mol. The van der Waals surface area contributed by atoms with Crippen LogP contribution >= 0.6 is 0 Å². The highest BCUT2D eigenvalue weighted by atomic mass is 16.5. The molecule has 1 amide bonds. The van der Waals surface area contributed by atoms with E-state index in [2.05, 4.69) is 64.7 Å². The molecule has 0 radical (unpaired) electrons. The van der Waals surface area contributed by atoms with E-state index in [0.29, 0.717) is 47.7 Å². The predicted molar refractivity (Wildman–Crippen MR) is 140 cm³/mol. The molecule has 0 atom stereocenters. The van der Waals surface area contributed by atoms with Crippen molar-refractivity contribution in [1.82, 2.24) is 4.90 Å². The molecule has 1 heterocycles. The second-order valence-electron chi connectivity index (χ2n) is 8.77. The highest BCUT2D eigenvalue weighted by molar-refractivity contribution is 5.94. The van der Waals surface area contributed by atoms with E-state index >= 15 is 0 Å². The minimum Gasteiger partial charge on any atom is -0.496 e. The highest BCUT2D eigenvalue weighted by Gasteiger charge is 2.23. The van der Waals surface area contributed by atoms with E-state index in [-0.39, 0.29) is 5.91 Å². The Labute approximate surface area is 207 Å². The summed E-state index contributed by atoms with van der Waals surface area (Å²) in [5.74, 6) is 3.31. The normalized spacial score (nSPS) is 14.2. The van der Waals surface area contributed by atoms with Crippen molar-refractivity contribution in [2.24, 2.45) is 0 Å². The lowest BCUT2D eigenvalue weighted by atomic mass is 9.84. The van der Waals surface area contributed by atoms with Gasteiger partial charge < -0.3 is 15.0 Å². The molecule has 3 aromatic carbocycles. The number of hydrogen-bond donors (Lipinski definition) is 1. The average Bonchev–Trinajstić information content (AvgIpc) is 2.92. The fourth-order valence-electron chi connectivity index (χ4n) is 4.76. The first-order valence-corrected chi connectivity index (χ1v) is 11.9. The quantitative estimate of drug-likeness (QED) is 0.358. The van der Waals surface area contributed by atoms with E-state index in [4.69, 9.17) is 11.2 Å². The number of benzene rings is 3.